The number of aromatic nitrogens is 2. The van der Waals surface area contributed by atoms with E-state index in [9.17, 15) is 4.79 Å². The molecule has 0 amide bonds. The Morgan fingerprint density at radius 3 is 2.91 bits per heavy atom. The van der Waals surface area contributed by atoms with E-state index in [4.69, 9.17) is 19.3 Å². The lowest BCUT2D eigenvalue weighted by Gasteiger charge is -2.15. The van der Waals surface area contributed by atoms with Crippen LogP contribution in [-0.4, -0.2) is 40.7 Å². The number of carboxylic acids is 1. The standard InChI is InChI=1S/C16H18N2O5/c1-21-12-4-2-11(3-5-12)9-22-13-6-7-18-15(23-10-13)8-14(17-18)16(19)20/h2-5,8,13H,6-7,9-10H2,1H3,(H,19,20). The quantitative estimate of drug-likeness (QED) is 0.907. The molecule has 0 saturated carbocycles. The van der Waals surface area contributed by atoms with Gasteiger partial charge >= 0.3 is 5.97 Å². The molecule has 0 spiro atoms. The molecule has 7 nitrogen and oxygen atoms in total. The van der Waals surface area contributed by atoms with Gasteiger partial charge in [-0.3, -0.25) is 0 Å². The predicted molar refractivity (Wildman–Crippen MR) is 80.9 cm³/mol. The fourth-order valence-electron chi connectivity index (χ4n) is 2.38. The molecule has 1 N–H and O–H groups in total. The van der Waals surface area contributed by atoms with Crippen LogP contribution in [0.5, 0.6) is 11.6 Å². The molecule has 1 aliphatic rings. The maximum Gasteiger partial charge on any atom is 0.356 e. The zero-order chi connectivity index (χ0) is 16.2. The van der Waals surface area contributed by atoms with Crippen molar-refractivity contribution in [2.75, 3.05) is 13.7 Å². The van der Waals surface area contributed by atoms with Crippen molar-refractivity contribution in [1.82, 2.24) is 9.78 Å². The van der Waals surface area contributed by atoms with Crippen molar-refractivity contribution in [3.63, 3.8) is 0 Å². The molecule has 1 aliphatic heterocycles. The van der Waals surface area contributed by atoms with E-state index >= 15 is 0 Å². The van der Waals surface area contributed by atoms with E-state index in [0.29, 0.717) is 32.1 Å². The Balaban J connectivity index is 1.55. The largest absolute Gasteiger partial charge is 0.497 e. The second-order valence-electron chi connectivity index (χ2n) is 5.28. The van der Waals surface area contributed by atoms with Gasteiger partial charge in [0.15, 0.2) is 5.69 Å². The highest BCUT2D eigenvalue weighted by Crippen LogP contribution is 2.20. The monoisotopic (exact) mass is 318 g/mol. The maximum atomic E-state index is 10.9. The van der Waals surface area contributed by atoms with Gasteiger partial charge in [-0.2, -0.15) is 5.10 Å². The van der Waals surface area contributed by atoms with E-state index in [0.717, 1.165) is 11.3 Å². The fourth-order valence-corrected chi connectivity index (χ4v) is 2.38. The summed E-state index contributed by atoms with van der Waals surface area (Å²) in [5, 5.41) is 12.9. The zero-order valence-electron chi connectivity index (χ0n) is 12.8. The van der Waals surface area contributed by atoms with Crippen LogP contribution in [0, 0.1) is 0 Å². The molecule has 23 heavy (non-hydrogen) atoms. The second-order valence-corrected chi connectivity index (χ2v) is 5.28. The van der Waals surface area contributed by atoms with E-state index in [1.54, 1.807) is 11.8 Å². The molecule has 0 aliphatic carbocycles. The van der Waals surface area contributed by atoms with Crippen LogP contribution in [0.1, 0.15) is 22.5 Å². The summed E-state index contributed by atoms with van der Waals surface area (Å²) in [5.74, 6) is 0.227. The maximum absolute atomic E-state index is 10.9. The number of fused-ring (bicyclic) bond motifs is 1. The third-order valence-corrected chi connectivity index (χ3v) is 3.69. The summed E-state index contributed by atoms with van der Waals surface area (Å²) in [6.07, 6.45) is 0.649. The van der Waals surface area contributed by atoms with Crippen LogP contribution < -0.4 is 9.47 Å². The van der Waals surface area contributed by atoms with Gasteiger partial charge in [0.05, 0.1) is 19.8 Å². The summed E-state index contributed by atoms with van der Waals surface area (Å²) >= 11 is 0. The average molecular weight is 318 g/mol. The van der Waals surface area contributed by atoms with Crippen LogP contribution in [0.15, 0.2) is 30.3 Å². The predicted octanol–water partition coefficient (Wildman–Crippen LogP) is 1.96. The fraction of sp³-hybridized carbons (Fsp3) is 0.375. The minimum Gasteiger partial charge on any atom is -0.497 e. The van der Waals surface area contributed by atoms with Crippen LogP contribution in [0.3, 0.4) is 0 Å². The van der Waals surface area contributed by atoms with Gasteiger partial charge in [0.1, 0.15) is 12.4 Å². The highest BCUT2D eigenvalue weighted by molar-refractivity contribution is 5.85. The Morgan fingerprint density at radius 1 is 1.43 bits per heavy atom. The van der Waals surface area contributed by atoms with Gasteiger partial charge in [0.2, 0.25) is 5.88 Å². The summed E-state index contributed by atoms with van der Waals surface area (Å²) in [7, 11) is 1.63. The molecule has 0 bridgehead atoms. The van der Waals surface area contributed by atoms with Crippen molar-refractivity contribution >= 4 is 5.97 Å². The van der Waals surface area contributed by atoms with Gasteiger partial charge in [-0.15, -0.1) is 0 Å². The van der Waals surface area contributed by atoms with E-state index in [-0.39, 0.29) is 11.8 Å². The first-order valence-corrected chi connectivity index (χ1v) is 7.34. The zero-order valence-corrected chi connectivity index (χ0v) is 12.8. The average Bonchev–Trinajstić information content (AvgIpc) is 2.89. The Hall–Kier alpha value is -2.54. The molecular formula is C16H18N2O5. The second kappa shape index (κ2) is 6.70. The minimum absolute atomic E-state index is 0.00222. The first kappa shape index (κ1) is 15.4. The number of nitrogens with zero attached hydrogens (tertiary/aromatic N) is 2. The van der Waals surface area contributed by atoms with Gasteiger partial charge in [-0.1, -0.05) is 12.1 Å². The molecular weight excluding hydrogens is 300 g/mol. The molecule has 2 aromatic rings. The summed E-state index contributed by atoms with van der Waals surface area (Å²) in [5.41, 5.74) is 1.05. The van der Waals surface area contributed by atoms with Crippen molar-refractivity contribution in [1.29, 1.82) is 0 Å². The molecule has 122 valence electrons. The molecule has 3 rings (SSSR count). The molecule has 0 saturated heterocycles. The number of hydrogen-bond acceptors (Lipinski definition) is 5. The SMILES string of the molecule is COc1ccc(COC2CCn3nc(C(=O)O)cc3OC2)cc1. The molecule has 0 radical (unpaired) electrons. The molecule has 7 heteroatoms. The van der Waals surface area contributed by atoms with Crippen LogP contribution in [-0.2, 0) is 17.9 Å². The lowest BCUT2D eigenvalue weighted by atomic mass is 10.2. The first-order valence-electron chi connectivity index (χ1n) is 7.34. The summed E-state index contributed by atoms with van der Waals surface area (Å²) in [6.45, 7) is 1.43. The minimum atomic E-state index is -1.05. The van der Waals surface area contributed by atoms with Crippen molar-refractivity contribution < 1.29 is 24.1 Å². The summed E-state index contributed by atoms with van der Waals surface area (Å²) in [4.78, 5) is 10.9. The number of benzene rings is 1. The lowest BCUT2D eigenvalue weighted by Crippen LogP contribution is -2.20. The van der Waals surface area contributed by atoms with Gasteiger partial charge in [-0.25, -0.2) is 9.48 Å². The van der Waals surface area contributed by atoms with Gasteiger partial charge in [-0.05, 0) is 24.1 Å². The number of carboxylic acid groups (broad SMARTS) is 1. The number of carbonyl (C=O) groups is 1. The van der Waals surface area contributed by atoms with Crippen molar-refractivity contribution in [2.24, 2.45) is 0 Å². The number of aryl methyl sites for hydroxylation is 1. The Morgan fingerprint density at radius 2 is 2.22 bits per heavy atom. The third kappa shape index (κ3) is 3.62. The topological polar surface area (TPSA) is 82.8 Å². The third-order valence-electron chi connectivity index (χ3n) is 3.69. The van der Waals surface area contributed by atoms with Crippen molar-refractivity contribution in [3.8, 4) is 11.6 Å². The first-order chi connectivity index (χ1) is 11.2. The molecule has 1 atom stereocenters. The Kier molecular flexibility index (Phi) is 4.47. The molecule has 2 heterocycles. The molecule has 1 aromatic heterocycles. The smallest absolute Gasteiger partial charge is 0.356 e. The van der Waals surface area contributed by atoms with Crippen LogP contribution >= 0.6 is 0 Å². The van der Waals surface area contributed by atoms with Crippen LogP contribution in [0.25, 0.3) is 0 Å². The Bertz CT molecular complexity index is 655. The normalized spacial score (nSPS) is 17.0. The van der Waals surface area contributed by atoms with E-state index in [2.05, 4.69) is 5.10 Å². The molecule has 1 aromatic carbocycles. The van der Waals surface area contributed by atoms with Crippen LogP contribution in [0.2, 0.25) is 0 Å². The van der Waals surface area contributed by atoms with Crippen molar-refractivity contribution in [3.05, 3.63) is 41.6 Å². The van der Waals surface area contributed by atoms with E-state index < -0.39 is 5.97 Å². The van der Waals surface area contributed by atoms with E-state index in [1.807, 2.05) is 24.3 Å². The molecule has 0 fully saturated rings. The van der Waals surface area contributed by atoms with Gasteiger partial charge < -0.3 is 19.3 Å². The number of ether oxygens (including phenoxy) is 3. The van der Waals surface area contributed by atoms with E-state index in [1.165, 1.54) is 6.07 Å². The summed E-state index contributed by atoms with van der Waals surface area (Å²) in [6, 6.07) is 9.14. The number of methoxy groups -OCH3 is 1. The highest BCUT2D eigenvalue weighted by Gasteiger charge is 2.21. The van der Waals surface area contributed by atoms with Crippen molar-refractivity contribution in [2.45, 2.75) is 25.7 Å². The van der Waals surface area contributed by atoms with Crippen LogP contribution in [0.4, 0.5) is 0 Å². The number of rotatable bonds is 5. The molecule has 1 unspecified atom stereocenters. The summed E-state index contributed by atoms with van der Waals surface area (Å²) < 4.78 is 18.2. The van der Waals surface area contributed by atoms with Gasteiger partial charge in [0, 0.05) is 12.6 Å². The number of hydrogen-bond donors (Lipinski definition) is 1. The number of aromatic carboxylic acids is 1. The highest BCUT2D eigenvalue weighted by atomic mass is 16.5. The Labute approximate surface area is 133 Å². The van der Waals surface area contributed by atoms with Gasteiger partial charge in [0.25, 0.3) is 0 Å². The lowest BCUT2D eigenvalue weighted by molar-refractivity contribution is 0.00856.